The number of rotatable bonds is 4. The van der Waals surface area contributed by atoms with Gasteiger partial charge < -0.3 is 14.8 Å². The van der Waals surface area contributed by atoms with Crippen molar-refractivity contribution in [1.82, 2.24) is 24.7 Å². The van der Waals surface area contributed by atoms with Gasteiger partial charge in [-0.2, -0.15) is 0 Å². The van der Waals surface area contributed by atoms with Crippen molar-refractivity contribution < 1.29 is 14.3 Å². The van der Waals surface area contributed by atoms with E-state index < -0.39 is 0 Å². The highest BCUT2D eigenvalue weighted by Crippen LogP contribution is 2.17. The number of nitrogens with zero attached hydrogens (tertiary/aromatic N) is 4. The number of carbonyl (C=O) groups excluding carboxylic acids is 1. The highest BCUT2D eigenvalue weighted by atomic mass is 16.5. The zero-order valence-corrected chi connectivity index (χ0v) is 14.3. The summed E-state index contributed by atoms with van der Waals surface area (Å²) >= 11 is 0. The second-order valence-electron chi connectivity index (χ2n) is 6.19. The summed E-state index contributed by atoms with van der Waals surface area (Å²) < 4.78 is 13.2. The molecule has 4 rings (SSSR count). The Kier molecular flexibility index (Phi) is 4.49. The Morgan fingerprint density at radius 2 is 2.31 bits per heavy atom. The number of amides is 1. The molecule has 4 heterocycles. The van der Waals surface area contributed by atoms with Gasteiger partial charge in [0.15, 0.2) is 0 Å². The molecule has 1 amide bonds. The largest absolute Gasteiger partial charge is 0.484 e. The van der Waals surface area contributed by atoms with E-state index in [1.54, 1.807) is 35.3 Å². The van der Waals surface area contributed by atoms with Gasteiger partial charge in [0.25, 0.3) is 5.91 Å². The Morgan fingerprint density at radius 3 is 3.12 bits per heavy atom. The number of aromatic nitrogens is 4. The highest BCUT2D eigenvalue weighted by molar-refractivity contribution is 5.93. The van der Waals surface area contributed by atoms with Crippen LogP contribution in [0.3, 0.4) is 0 Å². The van der Waals surface area contributed by atoms with Crippen molar-refractivity contribution in [2.45, 2.75) is 25.5 Å². The third-order valence-electron chi connectivity index (χ3n) is 4.26. The Morgan fingerprint density at radius 1 is 1.38 bits per heavy atom. The first-order valence-electron chi connectivity index (χ1n) is 8.47. The predicted molar refractivity (Wildman–Crippen MR) is 93.1 cm³/mol. The number of ether oxygens (including phenoxy) is 2. The Labute approximate surface area is 150 Å². The van der Waals surface area contributed by atoms with E-state index in [-0.39, 0.29) is 18.1 Å². The molecule has 3 aromatic rings. The van der Waals surface area contributed by atoms with Crippen LogP contribution in [0.1, 0.15) is 22.6 Å². The predicted octanol–water partition coefficient (Wildman–Crippen LogP) is 1.40. The summed E-state index contributed by atoms with van der Waals surface area (Å²) in [5.41, 5.74) is 1.24. The smallest absolute Gasteiger partial charge is 0.271 e. The molecule has 8 heteroatoms. The summed E-state index contributed by atoms with van der Waals surface area (Å²) in [5.74, 6) is 0.892. The molecule has 1 fully saturated rings. The molecule has 2 atom stereocenters. The lowest BCUT2D eigenvalue weighted by molar-refractivity contribution is -0.0136. The molecule has 1 N–H and O–H groups in total. The lowest BCUT2D eigenvalue weighted by atomic mass is 10.1. The number of nitrogens with one attached hydrogen (secondary N) is 1. The van der Waals surface area contributed by atoms with E-state index in [9.17, 15) is 4.79 Å². The first kappa shape index (κ1) is 16.5. The van der Waals surface area contributed by atoms with Crippen LogP contribution in [0.25, 0.3) is 5.78 Å². The number of hydrogen-bond acceptors (Lipinski definition) is 6. The van der Waals surface area contributed by atoms with E-state index in [1.165, 1.54) is 0 Å². The summed E-state index contributed by atoms with van der Waals surface area (Å²) in [4.78, 5) is 25.2. The van der Waals surface area contributed by atoms with Gasteiger partial charge in [-0.05, 0) is 31.5 Å². The molecule has 0 radical (unpaired) electrons. The van der Waals surface area contributed by atoms with Crippen LogP contribution in [0.5, 0.6) is 5.75 Å². The first-order valence-corrected chi connectivity index (χ1v) is 8.47. The molecule has 0 spiro atoms. The molecule has 0 saturated carbocycles. The van der Waals surface area contributed by atoms with Gasteiger partial charge in [0.2, 0.25) is 5.78 Å². The molecule has 8 nitrogen and oxygen atoms in total. The molecular weight excluding hydrogens is 334 g/mol. The van der Waals surface area contributed by atoms with Gasteiger partial charge in [-0.25, -0.2) is 9.97 Å². The minimum atomic E-state index is -0.285. The fourth-order valence-electron chi connectivity index (χ4n) is 2.87. The van der Waals surface area contributed by atoms with E-state index in [1.807, 2.05) is 19.1 Å². The second kappa shape index (κ2) is 7.09. The maximum atomic E-state index is 12.6. The molecule has 0 aliphatic carbocycles. The summed E-state index contributed by atoms with van der Waals surface area (Å²) in [5, 5.41) is 3.01. The van der Waals surface area contributed by atoms with E-state index in [4.69, 9.17) is 9.47 Å². The van der Waals surface area contributed by atoms with Gasteiger partial charge in [0.1, 0.15) is 17.5 Å². The molecular formula is C18H19N5O3. The standard InChI is InChI=1S/C18H19N5O3/c1-12-3-4-13(9-20-12)26-16-11-25-8-5-14(16)21-17(24)15-10-23-7-2-6-19-18(23)22-15/h2-4,6-7,9-10,14,16H,5,8,11H2,1H3,(H,21,24)/t14-,16+/m0/s1. The van der Waals surface area contributed by atoms with Gasteiger partial charge in [-0.1, -0.05) is 0 Å². The molecule has 0 unspecified atom stereocenters. The molecule has 1 aliphatic heterocycles. The van der Waals surface area contributed by atoms with E-state index in [0.717, 1.165) is 5.69 Å². The summed E-state index contributed by atoms with van der Waals surface area (Å²) in [6.07, 6.45) is 7.17. The maximum absolute atomic E-state index is 12.6. The zero-order chi connectivity index (χ0) is 17.9. The third kappa shape index (κ3) is 3.50. The Bertz CT molecular complexity index is 876. The topological polar surface area (TPSA) is 90.6 Å². The van der Waals surface area contributed by atoms with Gasteiger partial charge in [-0.3, -0.25) is 14.2 Å². The molecule has 3 aromatic heterocycles. The SMILES string of the molecule is Cc1ccc(O[C@@H]2COCC[C@@H]2NC(=O)c2cn3cccnc3n2)cn1. The van der Waals surface area contributed by atoms with Crippen LogP contribution in [0.2, 0.25) is 0 Å². The lowest BCUT2D eigenvalue weighted by Crippen LogP contribution is -2.51. The number of carbonyl (C=O) groups is 1. The lowest BCUT2D eigenvalue weighted by Gasteiger charge is -2.32. The third-order valence-corrected chi connectivity index (χ3v) is 4.26. The van der Waals surface area contributed by atoms with E-state index in [2.05, 4.69) is 20.3 Å². The maximum Gasteiger partial charge on any atom is 0.271 e. The van der Waals surface area contributed by atoms with Gasteiger partial charge in [0.05, 0.1) is 18.8 Å². The average Bonchev–Trinajstić information content (AvgIpc) is 3.09. The summed E-state index contributed by atoms with van der Waals surface area (Å²) in [6, 6.07) is 5.36. The number of hydrogen-bond donors (Lipinski definition) is 1. The Hall–Kier alpha value is -3.00. The molecule has 26 heavy (non-hydrogen) atoms. The fraction of sp³-hybridized carbons (Fsp3) is 0.333. The number of pyridine rings is 1. The molecule has 1 saturated heterocycles. The van der Waals surface area contributed by atoms with Crippen LogP contribution in [0, 0.1) is 6.92 Å². The molecule has 0 bridgehead atoms. The van der Waals surface area contributed by atoms with Crippen molar-refractivity contribution in [1.29, 1.82) is 0 Å². The summed E-state index contributed by atoms with van der Waals surface area (Å²) in [6.45, 7) is 2.90. The van der Waals surface area contributed by atoms with Crippen LogP contribution in [-0.4, -0.2) is 50.6 Å². The quantitative estimate of drug-likeness (QED) is 0.762. The average molecular weight is 353 g/mol. The fourth-order valence-corrected chi connectivity index (χ4v) is 2.87. The zero-order valence-electron chi connectivity index (χ0n) is 14.3. The number of imidazole rings is 1. The normalized spacial score (nSPS) is 20.0. The van der Waals surface area contributed by atoms with Crippen molar-refractivity contribution in [3.05, 3.63) is 54.4 Å². The van der Waals surface area contributed by atoms with Crippen molar-refractivity contribution in [2.24, 2.45) is 0 Å². The van der Waals surface area contributed by atoms with Crippen LogP contribution in [0.4, 0.5) is 0 Å². The van der Waals surface area contributed by atoms with Gasteiger partial charge >= 0.3 is 0 Å². The van der Waals surface area contributed by atoms with Gasteiger partial charge in [-0.15, -0.1) is 0 Å². The number of fused-ring (bicyclic) bond motifs is 1. The van der Waals surface area contributed by atoms with Crippen molar-refractivity contribution in [3.8, 4) is 5.75 Å². The van der Waals surface area contributed by atoms with Crippen LogP contribution in [0.15, 0.2) is 43.0 Å². The molecule has 0 aromatic carbocycles. The van der Waals surface area contributed by atoms with E-state index >= 15 is 0 Å². The molecule has 134 valence electrons. The second-order valence-corrected chi connectivity index (χ2v) is 6.19. The first-order chi connectivity index (χ1) is 12.7. The number of aryl methyl sites for hydroxylation is 1. The van der Waals surface area contributed by atoms with Crippen LogP contribution < -0.4 is 10.1 Å². The highest BCUT2D eigenvalue weighted by Gasteiger charge is 2.30. The van der Waals surface area contributed by atoms with Crippen molar-refractivity contribution in [3.63, 3.8) is 0 Å². The van der Waals surface area contributed by atoms with E-state index in [0.29, 0.717) is 36.9 Å². The molecule has 1 aliphatic rings. The van der Waals surface area contributed by atoms with Crippen LogP contribution in [-0.2, 0) is 4.74 Å². The van der Waals surface area contributed by atoms with Crippen molar-refractivity contribution >= 4 is 11.7 Å². The van der Waals surface area contributed by atoms with Crippen molar-refractivity contribution in [2.75, 3.05) is 13.2 Å². The summed E-state index contributed by atoms with van der Waals surface area (Å²) in [7, 11) is 0. The van der Waals surface area contributed by atoms with Crippen LogP contribution >= 0.6 is 0 Å². The minimum Gasteiger partial charge on any atom is -0.484 e. The minimum absolute atomic E-state index is 0.171. The Balaban J connectivity index is 1.47. The monoisotopic (exact) mass is 353 g/mol. The van der Waals surface area contributed by atoms with Gasteiger partial charge in [0, 0.05) is 30.9 Å².